The molecule has 1 aromatic heterocycles. The largest absolute Gasteiger partial charge is 0.324 e. The smallest absolute Gasteiger partial charge is 0.0453 e. The Labute approximate surface area is 115 Å². The van der Waals surface area contributed by atoms with E-state index in [-0.39, 0.29) is 6.04 Å². The Kier molecular flexibility index (Phi) is 4.10. The molecular weight excluding hydrogens is 273 g/mol. The SMILES string of the molecule is Cc1sccc1C(N)Cc1c(Cl)cccc1Cl. The molecule has 0 fully saturated rings. The first-order chi connectivity index (χ1) is 8.09. The topological polar surface area (TPSA) is 26.0 Å². The summed E-state index contributed by atoms with van der Waals surface area (Å²) in [5.41, 5.74) is 8.30. The van der Waals surface area contributed by atoms with Crippen LogP contribution in [0.1, 0.15) is 22.0 Å². The van der Waals surface area contributed by atoms with Crippen LogP contribution in [0.2, 0.25) is 10.0 Å². The Bertz CT molecular complexity index is 502. The standard InChI is InChI=1S/C13H13Cl2NS/c1-8-9(5-6-17-8)13(16)7-10-11(14)3-2-4-12(10)15/h2-6,13H,7,16H2,1H3. The van der Waals surface area contributed by atoms with Crippen LogP contribution in [0.5, 0.6) is 0 Å². The molecule has 4 heteroatoms. The van der Waals surface area contributed by atoms with Crippen LogP contribution in [0.25, 0.3) is 0 Å². The van der Waals surface area contributed by atoms with Crippen molar-refractivity contribution in [3.05, 3.63) is 55.7 Å². The number of halogens is 2. The van der Waals surface area contributed by atoms with Gasteiger partial charge in [-0.2, -0.15) is 0 Å². The molecule has 0 aliphatic carbocycles. The van der Waals surface area contributed by atoms with E-state index in [4.69, 9.17) is 28.9 Å². The lowest BCUT2D eigenvalue weighted by molar-refractivity contribution is 0.721. The van der Waals surface area contributed by atoms with Crippen molar-refractivity contribution in [2.45, 2.75) is 19.4 Å². The Morgan fingerprint density at radius 1 is 1.24 bits per heavy atom. The second kappa shape index (κ2) is 5.40. The molecular formula is C13H13Cl2NS. The maximum atomic E-state index is 6.20. The summed E-state index contributed by atoms with van der Waals surface area (Å²) in [5, 5.41) is 3.42. The first-order valence-corrected chi connectivity index (χ1v) is 6.95. The average molecular weight is 286 g/mol. The van der Waals surface area contributed by atoms with Crippen molar-refractivity contribution in [1.82, 2.24) is 0 Å². The van der Waals surface area contributed by atoms with Crippen LogP contribution in [-0.4, -0.2) is 0 Å². The molecule has 0 bridgehead atoms. The highest BCUT2D eigenvalue weighted by atomic mass is 35.5. The third-order valence-corrected chi connectivity index (χ3v) is 4.35. The van der Waals surface area contributed by atoms with Crippen LogP contribution < -0.4 is 5.73 Å². The van der Waals surface area contributed by atoms with Crippen molar-refractivity contribution >= 4 is 34.5 Å². The van der Waals surface area contributed by atoms with Gasteiger partial charge in [0.2, 0.25) is 0 Å². The average Bonchev–Trinajstić information content (AvgIpc) is 2.70. The molecule has 90 valence electrons. The molecule has 1 atom stereocenters. The lowest BCUT2D eigenvalue weighted by Gasteiger charge is -2.14. The number of aryl methyl sites for hydroxylation is 1. The van der Waals surface area contributed by atoms with Crippen LogP contribution in [-0.2, 0) is 6.42 Å². The van der Waals surface area contributed by atoms with E-state index in [0.29, 0.717) is 16.5 Å². The number of rotatable bonds is 3. The highest BCUT2D eigenvalue weighted by Crippen LogP contribution is 2.30. The van der Waals surface area contributed by atoms with Gasteiger partial charge in [-0.25, -0.2) is 0 Å². The molecule has 0 saturated heterocycles. The summed E-state index contributed by atoms with van der Waals surface area (Å²) in [6.45, 7) is 2.08. The van der Waals surface area contributed by atoms with Gasteiger partial charge >= 0.3 is 0 Å². The van der Waals surface area contributed by atoms with E-state index >= 15 is 0 Å². The fraction of sp³-hybridized carbons (Fsp3) is 0.231. The van der Waals surface area contributed by atoms with Gasteiger partial charge in [-0.1, -0.05) is 29.3 Å². The maximum absolute atomic E-state index is 6.20. The highest BCUT2D eigenvalue weighted by Gasteiger charge is 2.14. The van der Waals surface area contributed by atoms with E-state index in [1.807, 2.05) is 18.2 Å². The van der Waals surface area contributed by atoms with Crippen LogP contribution in [0.3, 0.4) is 0 Å². The Morgan fingerprint density at radius 3 is 2.41 bits per heavy atom. The molecule has 1 nitrogen and oxygen atoms in total. The molecule has 17 heavy (non-hydrogen) atoms. The van der Waals surface area contributed by atoms with Crippen LogP contribution >= 0.6 is 34.5 Å². The van der Waals surface area contributed by atoms with Gasteiger partial charge in [0.15, 0.2) is 0 Å². The van der Waals surface area contributed by atoms with E-state index < -0.39 is 0 Å². The monoisotopic (exact) mass is 285 g/mol. The van der Waals surface area contributed by atoms with Gasteiger partial charge in [0.25, 0.3) is 0 Å². The molecule has 2 aromatic rings. The fourth-order valence-corrected chi connectivity index (χ4v) is 3.16. The maximum Gasteiger partial charge on any atom is 0.0453 e. The molecule has 0 aliphatic heterocycles. The minimum absolute atomic E-state index is 0.0568. The van der Waals surface area contributed by atoms with Crippen molar-refractivity contribution < 1.29 is 0 Å². The van der Waals surface area contributed by atoms with Gasteiger partial charge in [-0.05, 0) is 48.1 Å². The molecule has 1 unspecified atom stereocenters. The normalized spacial score (nSPS) is 12.7. The molecule has 1 heterocycles. The van der Waals surface area contributed by atoms with Crippen LogP contribution in [0.4, 0.5) is 0 Å². The van der Waals surface area contributed by atoms with Gasteiger partial charge in [-0.15, -0.1) is 11.3 Å². The zero-order chi connectivity index (χ0) is 12.4. The quantitative estimate of drug-likeness (QED) is 0.876. The van der Waals surface area contributed by atoms with Crippen molar-refractivity contribution in [3.63, 3.8) is 0 Å². The molecule has 0 spiro atoms. The molecule has 2 rings (SSSR count). The fourth-order valence-electron chi connectivity index (χ4n) is 1.84. The third-order valence-electron chi connectivity index (χ3n) is 2.78. The van der Waals surface area contributed by atoms with Gasteiger partial charge in [0, 0.05) is 21.0 Å². The minimum Gasteiger partial charge on any atom is -0.324 e. The summed E-state index contributed by atoms with van der Waals surface area (Å²) in [4.78, 5) is 1.25. The number of hydrogen-bond donors (Lipinski definition) is 1. The predicted molar refractivity (Wildman–Crippen MR) is 76.2 cm³/mol. The number of benzene rings is 1. The lowest BCUT2D eigenvalue weighted by atomic mass is 10.0. The summed E-state index contributed by atoms with van der Waals surface area (Å²) in [6.07, 6.45) is 0.663. The highest BCUT2D eigenvalue weighted by molar-refractivity contribution is 7.10. The van der Waals surface area contributed by atoms with Crippen LogP contribution in [0.15, 0.2) is 29.6 Å². The van der Waals surface area contributed by atoms with E-state index in [1.54, 1.807) is 11.3 Å². The third kappa shape index (κ3) is 2.83. The van der Waals surface area contributed by atoms with Crippen molar-refractivity contribution in [1.29, 1.82) is 0 Å². The zero-order valence-corrected chi connectivity index (χ0v) is 11.7. The minimum atomic E-state index is -0.0568. The Balaban J connectivity index is 2.25. The van der Waals surface area contributed by atoms with Gasteiger partial charge in [0.1, 0.15) is 0 Å². The summed E-state index contributed by atoms with van der Waals surface area (Å²) in [7, 11) is 0. The van der Waals surface area contributed by atoms with E-state index in [2.05, 4.69) is 18.4 Å². The number of hydrogen-bond acceptors (Lipinski definition) is 2. The lowest BCUT2D eigenvalue weighted by Crippen LogP contribution is -2.14. The summed E-state index contributed by atoms with van der Waals surface area (Å²) >= 11 is 14.0. The van der Waals surface area contributed by atoms with Crippen molar-refractivity contribution in [3.8, 4) is 0 Å². The van der Waals surface area contributed by atoms with Crippen molar-refractivity contribution in [2.75, 3.05) is 0 Å². The summed E-state index contributed by atoms with van der Waals surface area (Å²) in [5.74, 6) is 0. The Morgan fingerprint density at radius 2 is 1.88 bits per heavy atom. The summed E-state index contributed by atoms with van der Waals surface area (Å²) < 4.78 is 0. The van der Waals surface area contributed by atoms with Gasteiger partial charge in [0.05, 0.1) is 0 Å². The number of nitrogens with two attached hydrogens (primary N) is 1. The molecule has 0 saturated carbocycles. The van der Waals surface area contributed by atoms with E-state index in [9.17, 15) is 0 Å². The number of thiophene rings is 1. The van der Waals surface area contributed by atoms with E-state index in [1.165, 1.54) is 10.4 Å². The van der Waals surface area contributed by atoms with Gasteiger partial charge in [-0.3, -0.25) is 0 Å². The molecule has 0 radical (unpaired) electrons. The van der Waals surface area contributed by atoms with E-state index in [0.717, 1.165) is 5.56 Å². The van der Waals surface area contributed by atoms with Crippen LogP contribution in [0, 0.1) is 6.92 Å². The second-order valence-corrected chi connectivity index (χ2v) is 5.88. The van der Waals surface area contributed by atoms with Gasteiger partial charge < -0.3 is 5.73 Å². The zero-order valence-electron chi connectivity index (χ0n) is 9.41. The first kappa shape index (κ1) is 12.9. The first-order valence-electron chi connectivity index (χ1n) is 5.32. The second-order valence-electron chi connectivity index (χ2n) is 3.94. The summed E-state index contributed by atoms with van der Waals surface area (Å²) in [6, 6.07) is 7.54. The van der Waals surface area contributed by atoms with Crippen molar-refractivity contribution in [2.24, 2.45) is 5.73 Å². The Hall–Kier alpha value is -0.540. The molecule has 0 amide bonds. The molecule has 0 aliphatic rings. The predicted octanol–water partition coefficient (Wildman–Crippen LogP) is 4.61. The molecule has 2 N–H and O–H groups in total. The molecule has 1 aromatic carbocycles.